The average Bonchev–Trinajstić information content (AvgIpc) is 3.13. The maximum absolute atomic E-state index is 12.4. The topological polar surface area (TPSA) is 20.3 Å². The van der Waals surface area contributed by atoms with E-state index >= 15 is 0 Å². The second kappa shape index (κ2) is 4.28. The van der Waals surface area contributed by atoms with E-state index < -0.39 is 0 Å². The quantitative estimate of drug-likeness (QED) is 0.759. The Kier molecular flexibility index (Phi) is 2.99. The van der Waals surface area contributed by atoms with Gasteiger partial charge in [0.05, 0.1) is 5.41 Å². The van der Waals surface area contributed by atoms with Gasteiger partial charge in [0.1, 0.15) is 0 Å². The predicted octanol–water partition coefficient (Wildman–Crippen LogP) is 2.59. The maximum Gasteiger partial charge on any atom is 0.233 e. The van der Waals surface area contributed by atoms with Crippen LogP contribution in [0.3, 0.4) is 0 Å². The summed E-state index contributed by atoms with van der Waals surface area (Å²) in [5.74, 6) is 0.309. The van der Waals surface area contributed by atoms with Crippen LogP contribution in [0.15, 0.2) is 30.3 Å². The summed E-state index contributed by atoms with van der Waals surface area (Å²) in [5, 5.41) is 0. The number of carbonyl (C=O) groups is 1. The van der Waals surface area contributed by atoms with Crippen LogP contribution in [-0.4, -0.2) is 23.9 Å². The van der Waals surface area contributed by atoms with E-state index in [9.17, 15) is 4.79 Å². The van der Waals surface area contributed by atoms with Crippen molar-refractivity contribution in [3.05, 3.63) is 35.9 Å². The molecule has 0 heterocycles. The Labute approximate surface area is 97.3 Å². The third kappa shape index (κ3) is 1.73. The van der Waals surface area contributed by atoms with Crippen molar-refractivity contribution in [2.75, 3.05) is 13.1 Å². The normalized spacial score (nSPS) is 16.9. The molecular weight excluding hydrogens is 198 g/mol. The highest BCUT2D eigenvalue weighted by molar-refractivity contribution is 5.91. The van der Waals surface area contributed by atoms with E-state index in [-0.39, 0.29) is 5.41 Å². The highest BCUT2D eigenvalue weighted by Gasteiger charge is 2.52. The molecule has 0 spiro atoms. The zero-order valence-corrected chi connectivity index (χ0v) is 10.1. The Hall–Kier alpha value is -1.31. The minimum Gasteiger partial charge on any atom is -0.342 e. The zero-order valence-electron chi connectivity index (χ0n) is 10.1. The van der Waals surface area contributed by atoms with Gasteiger partial charge in [0, 0.05) is 13.1 Å². The fourth-order valence-corrected chi connectivity index (χ4v) is 2.32. The van der Waals surface area contributed by atoms with Crippen molar-refractivity contribution >= 4 is 5.91 Å². The number of hydrogen-bond donors (Lipinski definition) is 0. The lowest BCUT2D eigenvalue weighted by Gasteiger charge is -2.25. The first kappa shape index (κ1) is 11.2. The first-order valence-electron chi connectivity index (χ1n) is 6.09. The minimum absolute atomic E-state index is 0.187. The maximum atomic E-state index is 12.4. The summed E-state index contributed by atoms with van der Waals surface area (Å²) >= 11 is 0. The van der Waals surface area contributed by atoms with Crippen LogP contribution in [0, 0.1) is 0 Å². The summed E-state index contributed by atoms with van der Waals surface area (Å²) in [6.45, 7) is 5.71. The number of amides is 1. The van der Waals surface area contributed by atoms with Gasteiger partial charge >= 0.3 is 0 Å². The van der Waals surface area contributed by atoms with Crippen molar-refractivity contribution in [1.29, 1.82) is 0 Å². The first-order valence-corrected chi connectivity index (χ1v) is 6.09. The van der Waals surface area contributed by atoms with E-state index in [1.165, 1.54) is 5.56 Å². The summed E-state index contributed by atoms with van der Waals surface area (Å²) in [5.41, 5.74) is 1.000. The monoisotopic (exact) mass is 217 g/mol. The highest BCUT2D eigenvalue weighted by atomic mass is 16.2. The van der Waals surface area contributed by atoms with Crippen molar-refractivity contribution in [3.63, 3.8) is 0 Å². The summed E-state index contributed by atoms with van der Waals surface area (Å²) in [6.07, 6.45) is 2.01. The van der Waals surface area contributed by atoms with Gasteiger partial charge < -0.3 is 4.90 Å². The molecule has 1 amide bonds. The van der Waals surface area contributed by atoms with Crippen molar-refractivity contribution in [1.82, 2.24) is 4.90 Å². The third-order valence-electron chi connectivity index (χ3n) is 3.54. The van der Waals surface area contributed by atoms with Crippen LogP contribution >= 0.6 is 0 Å². The lowest BCUT2D eigenvalue weighted by Crippen LogP contribution is -2.39. The van der Waals surface area contributed by atoms with Crippen molar-refractivity contribution < 1.29 is 4.79 Å². The van der Waals surface area contributed by atoms with E-state index in [0.29, 0.717) is 5.91 Å². The Balaban J connectivity index is 2.24. The molecule has 86 valence electrons. The van der Waals surface area contributed by atoms with E-state index in [4.69, 9.17) is 0 Å². The molecule has 0 bridgehead atoms. The summed E-state index contributed by atoms with van der Waals surface area (Å²) in [7, 11) is 0. The average molecular weight is 217 g/mol. The Morgan fingerprint density at radius 1 is 1.19 bits per heavy atom. The van der Waals surface area contributed by atoms with Gasteiger partial charge in [-0.1, -0.05) is 30.3 Å². The number of rotatable bonds is 4. The van der Waals surface area contributed by atoms with Gasteiger partial charge in [-0.05, 0) is 32.3 Å². The van der Waals surface area contributed by atoms with Crippen molar-refractivity contribution in [2.45, 2.75) is 32.1 Å². The zero-order chi connectivity index (χ0) is 11.6. The highest BCUT2D eigenvalue weighted by Crippen LogP contribution is 2.49. The van der Waals surface area contributed by atoms with E-state index in [1.54, 1.807) is 0 Å². The third-order valence-corrected chi connectivity index (χ3v) is 3.54. The second-order valence-electron chi connectivity index (χ2n) is 4.43. The van der Waals surface area contributed by atoms with Crippen LogP contribution in [0.4, 0.5) is 0 Å². The number of likely N-dealkylation sites (N-methyl/N-ethyl adjacent to an activating group) is 1. The molecule has 2 rings (SSSR count). The molecule has 0 atom stereocenters. The molecule has 1 aromatic rings. The van der Waals surface area contributed by atoms with Gasteiger partial charge in [0.15, 0.2) is 0 Å². The molecular formula is C14H19NO. The molecule has 0 unspecified atom stereocenters. The number of hydrogen-bond acceptors (Lipinski definition) is 1. The van der Waals surface area contributed by atoms with Crippen molar-refractivity contribution in [3.8, 4) is 0 Å². The Morgan fingerprint density at radius 3 is 2.19 bits per heavy atom. The van der Waals surface area contributed by atoms with Gasteiger partial charge in [-0.3, -0.25) is 4.79 Å². The standard InChI is InChI=1S/C14H19NO/c1-3-15(4-2)13(16)14(10-11-14)12-8-6-5-7-9-12/h5-9H,3-4,10-11H2,1-2H3. The van der Waals surface area contributed by atoms with E-state index in [0.717, 1.165) is 25.9 Å². The second-order valence-corrected chi connectivity index (χ2v) is 4.43. The van der Waals surface area contributed by atoms with Crippen LogP contribution < -0.4 is 0 Å². The molecule has 0 radical (unpaired) electrons. The van der Waals surface area contributed by atoms with Crippen LogP contribution in [0.5, 0.6) is 0 Å². The van der Waals surface area contributed by atoms with Gasteiger partial charge in [-0.15, -0.1) is 0 Å². The number of benzene rings is 1. The molecule has 2 nitrogen and oxygen atoms in total. The van der Waals surface area contributed by atoms with Crippen molar-refractivity contribution in [2.24, 2.45) is 0 Å². The van der Waals surface area contributed by atoms with Crippen LogP contribution in [0.25, 0.3) is 0 Å². The van der Waals surface area contributed by atoms with Gasteiger partial charge in [0.2, 0.25) is 5.91 Å². The SMILES string of the molecule is CCN(CC)C(=O)C1(c2ccccc2)CC1. The molecule has 0 aliphatic heterocycles. The summed E-state index contributed by atoms with van der Waals surface area (Å²) in [4.78, 5) is 14.4. The lowest BCUT2D eigenvalue weighted by atomic mass is 9.94. The molecule has 1 aromatic carbocycles. The minimum atomic E-state index is -0.187. The smallest absolute Gasteiger partial charge is 0.233 e. The molecule has 1 aliphatic carbocycles. The summed E-state index contributed by atoms with van der Waals surface area (Å²) in [6, 6.07) is 10.2. The van der Waals surface area contributed by atoms with Crippen LogP contribution in [0.2, 0.25) is 0 Å². The van der Waals surface area contributed by atoms with Gasteiger partial charge in [-0.25, -0.2) is 0 Å². The summed E-state index contributed by atoms with van der Waals surface area (Å²) < 4.78 is 0. The fourth-order valence-electron chi connectivity index (χ4n) is 2.32. The van der Waals surface area contributed by atoms with Crippen LogP contribution in [0.1, 0.15) is 32.3 Å². The Morgan fingerprint density at radius 2 is 1.75 bits per heavy atom. The molecule has 16 heavy (non-hydrogen) atoms. The molecule has 1 saturated carbocycles. The van der Waals surface area contributed by atoms with Gasteiger partial charge in [0.25, 0.3) is 0 Å². The number of carbonyl (C=O) groups excluding carboxylic acids is 1. The first-order chi connectivity index (χ1) is 7.74. The molecule has 0 N–H and O–H groups in total. The molecule has 1 aliphatic rings. The molecule has 0 aromatic heterocycles. The fraction of sp³-hybridized carbons (Fsp3) is 0.500. The van der Waals surface area contributed by atoms with E-state index in [2.05, 4.69) is 12.1 Å². The number of nitrogens with zero attached hydrogens (tertiary/aromatic N) is 1. The largest absolute Gasteiger partial charge is 0.342 e. The molecule has 0 saturated heterocycles. The van der Waals surface area contributed by atoms with Crippen LogP contribution in [-0.2, 0) is 10.2 Å². The molecule has 1 fully saturated rings. The predicted molar refractivity (Wildman–Crippen MR) is 65.3 cm³/mol. The van der Waals surface area contributed by atoms with E-state index in [1.807, 2.05) is 36.9 Å². The van der Waals surface area contributed by atoms with Gasteiger partial charge in [-0.2, -0.15) is 0 Å². The lowest BCUT2D eigenvalue weighted by molar-refractivity contribution is -0.133. The Bertz CT molecular complexity index is 364. The molecule has 2 heteroatoms.